The molecule has 0 fully saturated rings. The van der Waals surface area contributed by atoms with Crippen LogP contribution in [0.15, 0.2) is 12.3 Å². The van der Waals surface area contributed by atoms with Crippen molar-refractivity contribution in [2.24, 2.45) is 0 Å². The van der Waals surface area contributed by atoms with Gasteiger partial charge in [0.05, 0.1) is 17.7 Å². The molecule has 98 valence electrons. The molecule has 1 aromatic rings. The number of aromatic amines is 1. The van der Waals surface area contributed by atoms with Crippen LogP contribution in [0.1, 0.15) is 10.5 Å². The van der Waals surface area contributed by atoms with Crippen molar-refractivity contribution in [3.8, 4) is 0 Å². The zero-order valence-electron chi connectivity index (χ0n) is 9.37. The van der Waals surface area contributed by atoms with Gasteiger partial charge in [0.25, 0.3) is 11.6 Å². The fourth-order valence-electron chi connectivity index (χ4n) is 1.17. The van der Waals surface area contributed by atoms with E-state index in [-0.39, 0.29) is 17.9 Å². The number of carboxylic acids is 1. The van der Waals surface area contributed by atoms with Gasteiger partial charge in [-0.25, -0.2) is 4.79 Å². The van der Waals surface area contributed by atoms with Crippen LogP contribution in [0.4, 0.5) is 5.69 Å². The highest BCUT2D eigenvalue weighted by molar-refractivity contribution is 5.93. The molecule has 18 heavy (non-hydrogen) atoms. The van der Waals surface area contributed by atoms with Crippen LogP contribution in [0.5, 0.6) is 0 Å². The lowest BCUT2D eigenvalue weighted by molar-refractivity contribution is -0.384. The molecule has 3 N–H and O–H groups in total. The molecule has 0 aromatic carbocycles. The van der Waals surface area contributed by atoms with E-state index in [0.29, 0.717) is 0 Å². The van der Waals surface area contributed by atoms with E-state index in [1.54, 1.807) is 0 Å². The maximum absolute atomic E-state index is 11.5. The summed E-state index contributed by atoms with van der Waals surface area (Å²) in [6.45, 7) is -0.239. The second kappa shape index (κ2) is 5.77. The Kier molecular flexibility index (Phi) is 4.38. The number of carbonyl (C=O) groups is 2. The van der Waals surface area contributed by atoms with E-state index in [1.807, 2.05) is 0 Å². The highest BCUT2D eigenvalue weighted by Crippen LogP contribution is 2.11. The fourth-order valence-corrected chi connectivity index (χ4v) is 1.17. The molecule has 1 aromatic heterocycles. The van der Waals surface area contributed by atoms with Crippen molar-refractivity contribution in [1.82, 2.24) is 10.3 Å². The monoisotopic (exact) mass is 257 g/mol. The van der Waals surface area contributed by atoms with Crippen LogP contribution in [-0.4, -0.2) is 46.6 Å². The molecule has 0 spiro atoms. The average Bonchev–Trinajstić information content (AvgIpc) is 2.78. The fraction of sp³-hybridized carbons (Fsp3) is 0.333. The standard InChI is InChI=1S/C9H11N3O6/c1-18-7(9(14)15)4-11-8(13)6-2-5(3-10-6)12(16)17/h2-3,7,10H,4H2,1H3,(H,11,13)(H,14,15). The molecular formula is C9H11N3O6. The van der Waals surface area contributed by atoms with Gasteiger partial charge in [0.1, 0.15) is 5.69 Å². The smallest absolute Gasteiger partial charge is 0.334 e. The molecule has 1 rings (SSSR count). The number of nitrogens with zero attached hydrogens (tertiary/aromatic N) is 1. The van der Waals surface area contributed by atoms with Crippen LogP contribution in [-0.2, 0) is 9.53 Å². The Labute approximate surface area is 101 Å². The van der Waals surface area contributed by atoms with Gasteiger partial charge in [-0.15, -0.1) is 0 Å². The molecule has 1 amide bonds. The third kappa shape index (κ3) is 3.28. The van der Waals surface area contributed by atoms with Gasteiger partial charge in [0.15, 0.2) is 6.10 Å². The minimum Gasteiger partial charge on any atom is -0.479 e. The van der Waals surface area contributed by atoms with Crippen molar-refractivity contribution < 1.29 is 24.4 Å². The second-order valence-electron chi connectivity index (χ2n) is 3.30. The van der Waals surface area contributed by atoms with Crippen LogP contribution in [0.2, 0.25) is 0 Å². The lowest BCUT2D eigenvalue weighted by Crippen LogP contribution is -2.37. The van der Waals surface area contributed by atoms with Crippen LogP contribution in [0, 0.1) is 10.1 Å². The number of hydrogen-bond acceptors (Lipinski definition) is 5. The number of carbonyl (C=O) groups excluding carboxylic acids is 1. The number of hydrogen-bond donors (Lipinski definition) is 3. The molecule has 0 aliphatic rings. The number of ether oxygens (including phenoxy) is 1. The molecule has 0 bridgehead atoms. The van der Waals surface area contributed by atoms with Gasteiger partial charge < -0.3 is 20.1 Å². The molecule has 1 unspecified atom stereocenters. The molecular weight excluding hydrogens is 246 g/mol. The molecule has 0 aliphatic carbocycles. The summed E-state index contributed by atoms with van der Waals surface area (Å²) in [7, 11) is 1.20. The van der Waals surface area contributed by atoms with Crippen LogP contribution in [0.3, 0.4) is 0 Å². The molecule has 0 radical (unpaired) electrons. The molecule has 0 saturated heterocycles. The first kappa shape index (κ1) is 13.6. The number of H-pyrrole nitrogens is 1. The molecule has 0 saturated carbocycles. The number of carboxylic acid groups (broad SMARTS) is 1. The van der Waals surface area contributed by atoms with Crippen LogP contribution in [0.25, 0.3) is 0 Å². The van der Waals surface area contributed by atoms with Crippen LogP contribution >= 0.6 is 0 Å². The van der Waals surface area contributed by atoms with E-state index < -0.39 is 22.9 Å². The summed E-state index contributed by atoms with van der Waals surface area (Å²) in [4.78, 5) is 34.3. The first-order chi connectivity index (χ1) is 8.45. The number of methoxy groups -OCH3 is 1. The van der Waals surface area contributed by atoms with Crippen molar-refractivity contribution in [3.63, 3.8) is 0 Å². The number of nitro groups is 1. The number of nitrogens with one attached hydrogen (secondary N) is 2. The lowest BCUT2D eigenvalue weighted by Gasteiger charge is -2.10. The van der Waals surface area contributed by atoms with Gasteiger partial charge in [-0.2, -0.15) is 0 Å². The Balaban J connectivity index is 2.59. The van der Waals surface area contributed by atoms with E-state index in [4.69, 9.17) is 5.11 Å². The van der Waals surface area contributed by atoms with Gasteiger partial charge >= 0.3 is 5.97 Å². The molecule has 1 atom stereocenters. The van der Waals surface area contributed by atoms with Gasteiger partial charge in [-0.05, 0) is 0 Å². The van der Waals surface area contributed by atoms with E-state index >= 15 is 0 Å². The van der Waals surface area contributed by atoms with Gasteiger partial charge in [0, 0.05) is 13.2 Å². The van der Waals surface area contributed by atoms with Gasteiger partial charge in [0.2, 0.25) is 0 Å². The quantitative estimate of drug-likeness (QED) is 0.475. The summed E-state index contributed by atoms with van der Waals surface area (Å²) in [5.41, 5.74) is -0.274. The topological polar surface area (TPSA) is 135 Å². The Morgan fingerprint density at radius 2 is 2.33 bits per heavy atom. The van der Waals surface area contributed by atoms with Crippen molar-refractivity contribution >= 4 is 17.6 Å². The largest absolute Gasteiger partial charge is 0.479 e. The molecule has 9 nitrogen and oxygen atoms in total. The van der Waals surface area contributed by atoms with Gasteiger partial charge in [-0.1, -0.05) is 0 Å². The minimum atomic E-state index is -1.21. The lowest BCUT2D eigenvalue weighted by atomic mass is 10.3. The number of aliphatic carboxylic acids is 1. The molecule has 1 heterocycles. The third-order valence-electron chi connectivity index (χ3n) is 2.13. The third-order valence-corrected chi connectivity index (χ3v) is 2.13. The molecule has 9 heteroatoms. The Hall–Kier alpha value is -2.42. The highest BCUT2D eigenvalue weighted by Gasteiger charge is 2.19. The zero-order valence-corrected chi connectivity index (χ0v) is 9.37. The SMILES string of the molecule is COC(CNC(=O)c1cc([N+](=O)[O-])c[nH]1)C(=O)O. The predicted octanol–water partition coefficient (Wildman–Crippen LogP) is -0.248. The Bertz CT molecular complexity index is 469. The highest BCUT2D eigenvalue weighted by atomic mass is 16.6. The van der Waals surface area contributed by atoms with E-state index in [2.05, 4.69) is 15.0 Å². The maximum Gasteiger partial charge on any atom is 0.334 e. The summed E-state index contributed by atoms with van der Waals surface area (Å²) >= 11 is 0. The summed E-state index contributed by atoms with van der Waals surface area (Å²) in [6, 6.07) is 1.05. The summed E-state index contributed by atoms with van der Waals surface area (Å²) in [5.74, 6) is -1.86. The first-order valence-corrected chi connectivity index (χ1v) is 4.82. The first-order valence-electron chi connectivity index (χ1n) is 4.82. The maximum atomic E-state index is 11.5. The summed E-state index contributed by atoms with van der Waals surface area (Å²) < 4.78 is 4.61. The number of aromatic nitrogens is 1. The molecule has 0 aliphatic heterocycles. The second-order valence-corrected chi connectivity index (χ2v) is 3.30. The normalized spacial score (nSPS) is 11.8. The van der Waals surface area contributed by atoms with Gasteiger partial charge in [-0.3, -0.25) is 14.9 Å². The van der Waals surface area contributed by atoms with Crippen molar-refractivity contribution in [1.29, 1.82) is 0 Å². The van der Waals surface area contributed by atoms with Crippen molar-refractivity contribution in [2.45, 2.75) is 6.10 Å². The van der Waals surface area contributed by atoms with Crippen LogP contribution < -0.4 is 5.32 Å². The van der Waals surface area contributed by atoms with E-state index in [9.17, 15) is 19.7 Å². The van der Waals surface area contributed by atoms with E-state index in [1.165, 1.54) is 7.11 Å². The zero-order chi connectivity index (χ0) is 13.7. The van der Waals surface area contributed by atoms with Crippen molar-refractivity contribution in [2.75, 3.05) is 13.7 Å². The summed E-state index contributed by atoms with van der Waals surface area (Å²) in [6.07, 6.45) is -0.0983. The van der Waals surface area contributed by atoms with E-state index in [0.717, 1.165) is 12.3 Å². The minimum absolute atomic E-state index is 0.0260. The Morgan fingerprint density at radius 1 is 1.67 bits per heavy atom. The predicted molar refractivity (Wildman–Crippen MR) is 58.2 cm³/mol. The average molecular weight is 257 g/mol. The number of amides is 1. The Morgan fingerprint density at radius 3 is 2.78 bits per heavy atom. The number of rotatable bonds is 6. The summed E-state index contributed by atoms with van der Waals surface area (Å²) in [5, 5.41) is 21.3. The van der Waals surface area contributed by atoms with Crippen molar-refractivity contribution in [3.05, 3.63) is 28.1 Å².